The van der Waals surface area contributed by atoms with Crippen LogP contribution in [0.3, 0.4) is 0 Å². The van der Waals surface area contributed by atoms with E-state index < -0.39 is 24.4 Å². The number of ether oxygens (including phenoxy) is 1. The fourth-order valence-electron chi connectivity index (χ4n) is 3.85. The second kappa shape index (κ2) is 10.1. The molecule has 7 nitrogen and oxygen atoms in total. The van der Waals surface area contributed by atoms with Crippen molar-refractivity contribution < 1.29 is 23.9 Å². The summed E-state index contributed by atoms with van der Waals surface area (Å²) in [6.45, 7) is 3.72. The van der Waals surface area contributed by atoms with Gasteiger partial charge in [0.05, 0.1) is 27.4 Å². The Morgan fingerprint density at radius 1 is 0.914 bits per heavy atom. The zero-order valence-corrected chi connectivity index (χ0v) is 20.0. The number of carbonyl (C=O) groups is 4. The fourth-order valence-corrected chi connectivity index (χ4v) is 4.07. The molecule has 0 saturated carbocycles. The first-order valence-electron chi connectivity index (χ1n) is 11.1. The second-order valence-electron chi connectivity index (χ2n) is 8.33. The highest BCUT2D eigenvalue weighted by Gasteiger charge is 2.38. The summed E-state index contributed by atoms with van der Waals surface area (Å²) in [4.78, 5) is 53.8. The van der Waals surface area contributed by atoms with E-state index in [4.69, 9.17) is 16.3 Å². The standard InChI is InChI=1S/C27H23ClN2O5/c1-17(2)29(15-18-8-4-3-5-9-18)24(31)16-35-27(34)19-12-13-20-21(14-19)26(33)30(25(20)32)23-11-7-6-10-22(23)28/h3-14,17H,15-16H2,1-2H3. The van der Waals surface area contributed by atoms with Crippen molar-refractivity contribution in [3.63, 3.8) is 0 Å². The van der Waals surface area contributed by atoms with Gasteiger partial charge in [0, 0.05) is 12.6 Å². The first-order chi connectivity index (χ1) is 16.8. The largest absolute Gasteiger partial charge is 0.452 e. The van der Waals surface area contributed by atoms with Crippen molar-refractivity contribution in [1.82, 2.24) is 4.90 Å². The maximum Gasteiger partial charge on any atom is 0.338 e. The summed E-state index contributed by atoms with van der Waals surface area (Å²) < 4.78 is 5.25. The van der Waals surface area contributed by atoms with Crippen LogP contribution in [0.1, 0.15) is 50.5 Å². The summed E-state index contributed by atoms with van der Waals surface area (Å²) in [7, 11) is 0. The van der Waals surface area contributed by atoms with E-state index in [1.54, 1.807) is 29.2 Å². The number of hydrogen-bond donors (Lipinski definition) is 0. The molecule has 35 heavy (non-hydrogen) atoms. The molecule has 0 fully saturated rings. The predicted molar refractivity (Wildman–Crippen MR) is 131 cm³/mol. The van der Waals surface area contributed by atoms with E-state index in [2.05, 4.69) is 0 Å². The van der Waals surface area contributed by atoms with Crippen molar-refractivity contribution in [3.8, 4) is 0 Å². The molecule has 8 heteroatoms. The quantitative estimate of drug-likeness (QED) is 0.353. The van der Waals surface area contributed by atoms with Crippen LogP contribution in [0.25, 0.3) is 0 Å². The topological polar surface area (TPSA) is 84.0 Å². The van der Waals surface area contributed by atoms with Crippen LogP contribution in [0.15, 0.2) is 72.8 Å². The zero-order chi connectivity index (χ0) is 25.1. The van der Waals surface area contributed by atoms with Gasteiger partial charge in [-0.05, 0) is 49.7 Å². The molecule has 3 amide bonds. The van der Waals surface area contributed by atoms with Gasteiger partial charge in [-0.1, -0.05) is 54.1 Å². The minimum absolute atomic E-state index is 0.0675. The van der Waals surface area contributed by atoms with Gasteiger partial charge in [-0.15, -0.1) is 0 Å². The van der Waals surface area contributed by atoms with Gasteiger partial charge in [0.25, 0.3) is 17.7 Å². The minimum atomic E-state index is -0.763. The number of nitrogens with zero attached hydrogens (tertiary/aromatic N) is 2. The van der Waals surface area contributed by atoms with Crippen LogP contribution in [-0.4, -0.2) is 41.2 Å². The Bertz CT molecular complexity index is 1310. The molecule has 178 valence electrons. The number of para-hydroxylation sites is 1. The molecule has 0 aromatic heterocycles. The molecule has 1 heterocycles. The summed E-state index contributed by atoms with van der Waals surface area (Å²) >= 11 is 6.17. The Kier molecular flexibility index (Phi) is 6.98. The predicted octanol–water partition coefficient (Wildman–Crippen LogP) is 4.73. The number of imide groups is 1. The Hall–Kier alpha value is -3.97. The SMILES string of the molecule is CC(C)N(Cc1ccccc1)C(=O)COC(=O)c1ccc2c(c1)C(=O)N(c1ccccc1Cl)C2=O. The Labute approximate surface area is 207 Å². The van der Waals surface area contributed by atoms with E-state index >= 15 is 0 Å². The number of esters is 1. The number of benzene rings is 3. The third-order valence-electron chi connectivity index (χ3n) is 5.68. The van der Waals surface area contributed by atoms with Crippen molar-refractivity contribution in [3.05, 3.63) is 100 Å². The van der Waals surface area contributed by atoms with Gasteiger partial charge in [0.1, 0.15) is 0 Å². The lowest BCUT2D eigenvalue weighted by molar-refractivity contribution is -0.136. The summed E-state index contributed by atoms with van der Waals surface area (Å²) in [6, 6.07) is 20.1. The van der Waals surface area contributed by atoms with E-state index in [0.29, 0.717) is 6.54 Å². The molecule has 0 spiro atoms. The van der Waals surface area contributed by atoms with E-state index in [9.17, 15) is 19.2 Å². The van der Waals surface area contributed by atoms with Gasteiger partial charge in [-0.3, -0.25) is 14.4 Å². The first kappa shape index (κ1) is 24.2. The Morgan fingerprint density at radius 2 is 1.57 bits per heavy atom. The van der Waals surface area contributed by atoms with E-state index in [0.717, 1.165) is 10.5 Å². The maximum absolute atomic E-state index is 13.0. The van der Waals surface area contributed by atoms with Crippen molar-refractivity contribution in [2.75, 3.05) is 11.5 Å². The van der Waals surface area contributed by atoms with Gasteiger partial charge in [-0.25, -0.2) is 9.69 Å². The molecule has 0 aliphatic carbocycles. The average molecular weight is 491 g/mol. The third-order valence-corrected chi connectivity index (χ3v) is 6.00. The number of fused-ring (bicyclic) bond motifs is 1. The summed E-state index contributed by atoms with van der Waals surface area (Å²) in [5, 5.41) is 0.255. The molecule has 3 aromatic rings. The van der Waals surface area contributed by atoms with Crippen molar-refractivity contribution in [1.29, 1.82) is 0 Å². The zero-order valence-electron chi connectivity index (χ0n) is 19.2. The van der Waals surface area contributed by atoms with Gasteiger partial charge in [0.2, 0.25) is 0 Å². The number of carbonyl (C=O) groups excluding carboxylic acids is 4. The van der Waals surface area contributed by atoms with E-state index in [1.165, 1.54) is 18.2 Å². The average Bonchev–Trinajstić information content (AvgIpc) is 3.10. The normalized spacial score (nSPS) is 12.6. The van der Waals surface area contributed by atoms with Gasteiger partial charge in [-0.2, -0.15) is 0 Å². The molecule has 0 atom stereocenters. The van der Waals surface area contributed by atoms with Gasteiger partial charge >= 0.3 is 5.97 Å². The van der Waals surface area contributed by atoms with Crippen LogP contribution in [0, 0.1) is 0 Å². The van der Waals surface area contributed by atoms with E-state index in [-0.39, 0.29) is 39.3 Å². The second-order valence-corrected chi connectivity index (χ2v) is 8.74. The summed E-state index contributed by atoms with van der Waals surface area (Å²) in [5.74, 6) is -2.21. The van der Waals surface area contributed by atoms with Crippen LogP contribution in [-0.2, 0) is 16.1 Å². The van der Waals surface area contributed by atoms with Crippen molar-refractivity contribution >= 4 is 41.0 Å². The van der Waals surface area contributed by atoms with Crippen LogP contribution < -0.4 is 4.90 Å². The van der Waals surface area contributed by atoms with E-state index in [1.807, 2.05) is 44.2 Å². The molecule has 0 N–H and O–H groups in total. The molecule has 4 rings (SSSR count). The molecule has 0 bridgehead atoms. The fraction of sp³-hybridized carbons (Fsp3) is 0.185. The molecule has 0 saturated heterocycles. The highest BCUT2D eigenvalue weighted by molar-refractivity contribution is 6.39. The van der Waals surface area contributed by atoms with Crippen LogP contribution in [0.2, 0.25) is 5.02 Å². The number of amides is 3. The first-order valence-corrected chi connectivity index (χ1v) is 11.4. The lowest BCUT2D eigenvalue weighted by Crippen LogP contribution is -2.39. The lowest BCUT2D eigenvalue weighted by atomic mass is 10.1. The molecule has 3 aromatic carbocycles. The highest BCUT2D eigenvalue weighted by atomic mass is 35.5. The monoisotopic (exact) mass is 490 g/mol. The molecule has 0 radical (unpaired) electrons. The Morgan fingerprint density at radius 3 is 2.26 bits per heavy atom. The smallest absolute Gasteiger partial charge is 0.338 e. The number of hydrogen-bond acceptors (Lipinski definition) is 5. The molecular formula is C27H23ClN2O5. The van der Waals surface area contributed by atoms with Crippen molar-refractivity contribution in [2.45, 2.75) is 26.4 Å². The number of halogens is 1. The highest BCUT2D eigenvalue weighted by Crippen LogP contribution is 2.33. The summed E-state index contributed by atoms with van der Waals surface area (Å²) in [6.07, 6.45) is 0. The molecular weight excluding hydrogens is 468 g/mol. The summed E-state index contributed by atoms with van der Waals surface area (Å²) in [5.41, 5.74) is 1.53. The maximum atomic E-state index is 13.0. The minimum Gasteiger partial charge on any atom is -0.452 e. The Balaban J connectivity index is 1.46. The molecule has 0 unspecified atom stereocenters. The van der Waals surface area contributed by atoms with Gasteiger partial charge in [0.15, 0.2) is 6.61 Å². The third kappa shape index (κ3) is 4.95. The van der Waals surface area contributed by atoms with Crippen LogP contribution in [0.4, 0.5) is 5.69 Å². The molecule has 1 aliphatic rings. The van der Waals surface area contributed by atoms with Crippen molar-refractivity contribution in [2.24, 2.45) is 0 Å². The van der Waals surface area contributed by atoms with Crippen LogP contribution in [0.5, 0.6) is 0 Å². The van der Waals surface area contributed by atoms with Gasteiger partial charge < -0.3 is 9.64 Å². The molecule has 1 aliphatic heterocycles. The number of anilines is 1. The van der Waals surface area contributed by atoms with Crippen LogP contribution >= 0.6 is 11.6 Å². The number of rotatable bonds is 7. The lowest BCUT2D eigenvalue weighted by Gasteiger charge is -2.26.